The van der Waals surface area contributed by atoms with Crippen LogP contribution in [0.15, 0.2) is 39.5 Å². The van der Waals surface area contributed by atoms with Gasteiger partial charge in [-0.2, -0.15) is 13.2 Å². The Morgan fingerprint density at radius 2 is 1.91 bits per heavy atom. The molecule has 0 amide bonds. The molecule has 32 heavy (non-hydrogen) atoms. The summed E-state index contributed by atoms with van der Waals surface area (Å²) in [6.07, 6.45) is 1.74. The minimum absolute atomic E-state index is 0.0351. The van der Waals surface area contributed by atoms with E-state index in [1.54, 1.807) is 10.6 Å². The monoisotopic (exact) mass is 452 g/mol. The minimum atomic E-state index is -4.53. The van der Waals surface area contributed by atoms with E-state index in [0.29, 0.717) is 13.0 Å². The molecular formula is C22H27F3N4O3. The summed E-state index contributed by atoms with van der Waals surface area (Å²) in [5.74, 6) is 0.494. The summed E-state index contributed by atoms with van der Waals surface area (Å²) in [6, 6.07) is 0. The average Bonchev–Trinajstić information content (AvgIpc) is 2.91. The van der Waals surface area contributed by atoms with Gasteiger partial charge in [0, 0.05) is 32.3 Å². The zero-order valence-corrected chi connectivity index (χ0v) is 18.3. The number of rotatable bonds is 7. The highest BCUT2D eigenvalue weighted by molar-refractivity contribution is 5.80. The fraction of sp³-hybridized carbons (Fsp3) is 0.500. The molecule has 1 N–H and O–H groups in total. The van der Waals surface area contributed by atoms with Crippen molar-refractivity contribution in [1.82, 2.24) is 18.7 Å². The van der Waals surface area contributed by atoms with Crippen LogP contribution in [0.25, 0.3) is 16.7 Å². The van der Waals surface area contributed by atoms with Crippen molar-refractivity contribution < 1.29 is 18.3 Å². The number of alkyl halides is 3. The first-order valence-electron chi connectivity index (χ1n) is 10.5. The van der Waals surface area contributed by atoms with E-state index in [-0.39, 0.29) is 54.5 Å². The van der Waals surface area contributed by atoms with Crippen LogP contribution in [0.2, 0.25) is 0 Å². The third kappa shape index (κ3) is 4.64. The molecule has 0 saturated heterocycles. The predicted octanol–water partition coefficient (Wildman–Crippen LogP) is 3.16. The van der Waals surface area contributed by atoms with E-state index < -0.39 is 23.0 Å². The Labute approximate surface area is 182 Å². The number of allylic oxidation sites excluding steroid dienone is 6. The molecule has 10 heteroatoms. The van der Waals surface area contributed by atoms with Crippen LogP contribution in [0.4, 0.5) is 13.2 Å². The maximum absolute atomic E-state index is 13.4. The van der Waals surface area contributed by atoms with Crippen molar-refractivity contribution in [3.63, 3.8) is 0 Å². The van der Waals surface area contributed by atoms with Crippen molar-refractivity contribution in [1.29, 1.82) is 0 Å². The van der Waals surface area contributed by atoms with Crippen molar-refractivity contribution in [3.8, 4) is 0 Å². The van der Waals surface area contributed by atoms with Gasteiger partial charge < -0.3 is 9.67 Å². The van der Waals surface area contributed by atoms with E-state index in [1.807, 2.05) is 13.8 Å². The molecule has 0 atom stereocenters. The number of aliphatic hydroxyl groups is 1. The summed E-state index contributed by atoms with van der Waals surface area (Å²) in [5.41, 5.74) is -1.42. The molecule has 0 fully saturated rings. The fourth-order valence-corrected chi connectivity index (χ4v) is 3.62. The quantitative estimate of drug-likeness (QED) is 0.700. The molecule has 7 nitrogen and oxygen atoms in total. The summed E-state index contributed by atoms with van der Waals surface area (Å²) in [4.78, 5) is 30.4. The second-order valence-corrected chi connectivity index (χ2v) is 8.21. The lowest BCUT2D eigenvalue weighted by Crippen LogP contribution is -2.40. The number of hydrogen-bond acceptors (Lipinski definition) is 4. The first-order valence-corrected chi connectivity index (χ1v) is 10.5. The molecule has 0 saturated carbocycles. The molecule has 174 valence electrons. The Morgan fingerprint density at radius 1 is 1.19 bits per heavy atom. The van der Waals surface area contributed by atoms with Crippen LogP contribution in [0.3, 0.4) is 0 Å². The summed E-state index contributed by atoms with van der Waals surface area (Å²) < 4.78 is 44.2. The summed E-state index contributed by atoms with van der Waals surface area (Å²) in [7, 11) is 1.48. The van der Waals surface area contributed by atoms with Crippen LogP contribution in [0, 0.1) is 5.92 Å². The summed E-state index contributed by atoms with van der Waals surface area (Å²) in [5, 5.41) is 9.13. The lowest BCUT2D eigenvalue weighted by Gasteiger charge is -2.13. The number of fused-ring (bicyclic) bond motifs is 1. The highest BCUT2D eigenvalue weighted by Crippen LogP contribution is 2.32. The van der Waals surface area contributed by atoms with Gasteiger partial charge in [-0.15, -0.1) is 0 Å². The van der Waals surface area contributed by atoms with Crippen LogP contribution < -0.4 is 11.2 Å². The third-order valence-corrected chi connectivity index (χ3v) is 5.37. The fourth-order valence-electron chi connectivity index (χ4n) is 3.62. The number of nitrogens with zero attached hydrogens (tertiary/aromatic N) is 4. The van der Waals surface area contributed by atoms with Crippen molar-refractivity contribution in [2.45, 2.75) is 52.4 Å². The van der Waals surface area contributed by atoms with Crippen molar-refractivity contribution in [2.24, 2.45) is 13.0 Å². The smallest absolute Gasteiger partial charge is 0.396 e. The zero-order valence-electron chi connectivity index (χ0n) is 18.3. The largest absolute Gasteiger partial charge is 0.416 e. The Kier molecular flexibility index (Phi) is 6.92. The Balaban J connectivity index is 2.31. The number of imidazole rings is 1. The second kappa shape index (κ2) is 9.32. The molecule has 1 aliphatic carbocycles. The van der Waals surface area contributed by atoms with E-state index in [4.69, 9.17) is 5.11 Å². The van der Waals surface area contributed by atoms with Gasteiger partial charge >= 0.3 is 11.9 Å². The lowest BCUT2D eigenvalue weighted by molar-refractivity contribution is -0.0881. The summed E-state index contributed by atoms with van der Waals surface area (Å²) in [6.45, 7) is 4.22. The van der Waals surface area contributed by atoms with Crippen LogP contribution in [0.5, 0.6) is 0 Å². The standard InChI is InChI=1S/C22H27F3N4O3/c1-14(2)9-11-28-17-19(27(3)21(32)29(20(17)31)10-6-12-30)26-18(28)15-7-4-5-8-16(13-15)22(23,24)25/h5,7-8,13-14,30H,4,6,9-12H2,1-3H3. The van der Waals surface area contributed by atoms with E-state index in [2.05, 4.69) is 4.98 Å². The van der Waals surface area contributed by atoms with Gasteiger partial charge in [-0.25, -0.2) is 9.78 Å². The topological polar surface area (TPSA) is 82.1 Å². The van der Waals surface area contributed by atoms with Gasteiger partial charge in [0.05, 0.1) is 5.57 Å². The second-order valence-electron chi connectivity index (χ2n) is 8.21. The van der Waals surface area contributed by atoms with Gasteiger partial charge in [-0.05, 0) is 31.3 Å². The first-order chi connectivity index (χ1) is 15.1. The molecule has 0 aromatic carbocycles. The minimum Gasteiger partial charge on any atom is -0.396 e. The predicted molar refractivity (Wildman–Crippen MR) is 116 cm³/mol. The maximum atomic E-state index is 13.4. The first kappa shape index (κ1) is 23.8. The molecule has 2 heterocycles. The molecule has 2 aromatic rings. The van der Waals surface area contributed by atoms with Gasteiger partial charge in [-0.3, -0.25) is 13.9 Å². The Morgan fingerprint density at radius 3 is 2.53 bits per heavy atom. The van der Waals surface area contributed by atoms with Crippen LogP contribution in [0.1, 0.15) is 38.9 Å². The summed E-state index contributed by atoms with van der Waals surface area (Å²) >= 11 is 0. The number of aryl methyl sites for hydroxylation is 2. The molecule has 0 unspecified atom stereocenters. The normalized spacial score (nSPS) is 14.8. The van der Waals surface area contributed by atoms with Crippen LogP contribution >= 0.6 is 0 Å². The van der Waals surface area contributed by atoms with Gasteiger partial charge in [0.2, 0.25) is 0 Å². The third-order valence-electron chi connectivity index (χ3n) is 5.37. The van der Waals surface area contributed by atoms with Gasteiger partial charge in [0.15, 0.2) is 11.2 Å². The van der Waals surface area contributed by atoms with E-state index >= 15 is 0 Å². The number of hydrogen-bond donors (Lipinski definition) is 1. The Bertz CT molecular complexity index is 1210. The van der Waals surface area contributed by atoms with E-state index in [9.17, 15) is 22.8 Å². The molecule has 0 aliphatic heterocycles. The van der Waals surface area contributed by atoms with E-state index in [0.717, 1.165) is 16.7 Å². The van der Waals surface area contributed by atoms with Gasteiger partial charge in [0.1, 0.15) is 5.82 Å². The van der Waals surface area contributed by atoms with Gasteiger partial charge in [-0.1, -0.05) is 32.1 Å². The molecule has 0 spiro atoms. The Hall–Kier alpha value is -2.88. The van der Waals surface area contributed by atoms with Crippen LogP contribution in [-0.4, -0.2) is 36.6 Å². The van der Waals surface area contributed by atoms with Gasteiger partial charge in [0.25, 0.3) is 5.56 Å². The lowest BCUT2D eigenvalue weighted by atomic mass is 10.1. The van der Waals surface area contributed by atoms with Crippen LogP contribution in [-0.2, 0) is 20.1 Å². The molecule has 0 radical (unpaired) electrons. The zero-order chi connectivity index (χ0) is 23.6. The molecule has 1 aliphatic rings. The SMILES string of the molecule is CC(C)CCn1c(C2=CCC=CC(C(F)(F)F)=C2)nc2c1c(=O)n(CCCO)c(=O)n2C. The molecule has 2 aromatic heterocycles. The number of halogens is 3. The van der Waals surface area contributed by atoms with Crippen molar-refractivity contribution >= 4 is 16.7 Å². The van der Waals surface area contributed by atoms with E-state index in [1.165, 1.54) is 17.7 Å². The maximum Gasteiger partial charge on any atom is 0.416 e. The molecular weight excluding hydrogens is 425 g/mol. The molecule has 3 rings (SSSR count). The average molecular weight is 452 g/mol. The van der Waals surface area contributed by atoms with Crippen molar-refractivity contribution in [2.75, 3.05) is 6.61 Å². The highest BCUT2D eigenvalue weighted by Gasteiger charge is 2.33. The molecule has 0 bridgehead atoms. The number of aromatic nitrogens is 4. The van der Waals surface area contributed by atoms with Crippen molar-refractivity contribution in [3.05, 3.63) is 56.5 Å². The number of aliphatic hydroxyl groups excluding tert-OH is 1. The highest BCUT2D eigenvalue weighted by atomic mass is 19.4.